The summed E-state index contributed by atoms with van der Waals surface area (Å²) in [5, 5.41) is 0.747. The first-order chi connectivity index (χ1) is 17.4. The quantitative estimate of drug-likeness (QED) is 0.171. The number of fused-ring (bicyclic) bond motifs is 1. The largest absolute Gasteiger partial charge is 0.478 e. The average molecular weight is 495 g/mol. The third-order valence-corrected chi connectivity index (χ3v) is 6.54. The van der Waals surface area contributed by atoms with Crippen molar-refractivity contribution in [2.24, 2.45) is 5.41 Å². The van der Waals surface area contributed by atoms with Crippen LogP contribution in [0.2, 0.25) is 0 Å². The number of hydrogen-bond acceptors (Lipinski definition) is 7. The molecule has 0 aromatic carbocycles. The molecule has 194 valence electrons. The molecule has 7 heteroatoms. The summed E-state index contributed by atoms with van der Waals surface area (Å²) in [4.78, 5) is 32.7. The van der Waals surface area contributed by atoms with E-state index in [2.05, 4.69) is 9.97 Å². The molecule has 3 heterocycles. The predicted molar refractivity (Wildman–Crippen MR) is 141 cm³/mol. The van der Waals surface area contributed by atoms with Gasteiger partial charge in [0.05, 0.1) is 24.2 Å². The van der Waals surface area contributed by atoms with Gasteiger partial charge < -0.3 is 13.9 Å². The number of hydrogen-bond donors (Lipinski definition) is 0. The fraction of sp³-hybridized carbons (Fsp3) is 0.517. The average Bonchev–Trinajstić information content (AvgIpc) is 2.89. The molecule has 0 amide bonds. The molecule has 0 fully saturated rings. The molecule has 0 radical (unpaired) electrons. The van der Waals surface area contributed by atoms with Gasteiger partial charge in [-0.1, -0.05) is 45.4 Å². The summed E-state index contributed by atoms with van der Waals surface area (Å²) < 4.78 is 16.7. The zero-order valence-electron chi connectivity index (χ0n) is 21.8. The van der Waals surface area contributed by atoms with E-state index < -0.39 is 5.63 Å². The van der Waals surface area contributed by atoms with Gasteiger partial charge in [-0.15, -0.1) is 0 Å². The number of carbonyl (C=O) groups is 1. The predicted octanol–water partition coefficient (Wildman–Crippen LogP) is 6.73. The summed E-state index contributed by atoms with van der Waals surface area (Å²) in [5.41, 5.74) is 0.936. The lowest BCUT2D eigenvalue weighted by Gasteiger charge is -2.20. The Morgan fingerprint density at radius 1 is 0.944 bits per heavy atom. The maximum atomic E-state index is 12.4. The molecule has 0 aliphatic carbocycles. The SMILES string of the molecule is CCC(C)(C)C(=O)OCCCCCCCCCCOc1cc2oc(=O)c(-c3ccncc3)cc2cn1. The van der Waals surface area contributed by atoms with Gasteiger partial charge in [-0.05, 0) is 56.9 Å². The molecule has 7 nitrogen and oxygen atoms in total. The normalized spacial score (nSPS) is 11.5. The van der Waals surface area contributed by atoms with Crippen LogP contribution in [0.5, 0.6) is 5.88 Å². The van der Waals surface area contributed by atoms with Crippen LogP contribution in [0.15, 0.2) is 52.1 Å². The molecule has 0 saturated heterocycles. The highest BCUT2D eigenvalue weighted by Crippen LogP contribution is 2.23. The summed E-state index contributed by atoms with van der Waals surface area (Å²) in [6.45, 7) is 6.97. The maximum Gasteiger partial charge on any atom is 0.344 e. The Labute approximate surface area is 213 Å². The second kappa shape index (κ2) is 13.8. The van der Waals surface area contributed by atoms with Gasteiger partial charge in [-0.2, -0.15) is 0 Å². The summed E-state index contributed by atoms with van der Waals surface area (Å²) >= 11 is 0. The Bertz CT molecular complexity index is 1160. The number of ether oxygens (including phenoxy) is 2. The van der Waals surface area contributed by atoms with Gasteiger partial charge in [0.1, 0.15) is 5.58 Å². The molecular weight excluding hydrogens is 456 g/mol. The van der Waals surface area contributed by atoms with Gasteiger partial charge in [0.25, 0.3) is 0 Å². The Hall–Kier alpha value is -3.22. The summed E-state index contributed by atoms with van der Waals surface area (Å²) in [7, 11) is 0. The zero-order valence-corrected chi connectivity index (χ0v) is 21.8. The monoisotopic (exact) mass is 494 g/mol. The van der Waals surface area contributed by atoms with E-state index >= 15 is 0 Å². The molecule has 36 heavy (non-hydrogen) atoms. The first-order valence-corrected chi connectivity index (χ1v) is 13.0. The van der Waals surface area contributed by atoms with E-state index in [1.807, 2.05) is 20.8 Å². The Morgan fingerprint density at radius 2 is 1.58 bits per heavy atom. The number of pyridine rings is 2. The Kier molecular flexibility index (Phi) is 10.5. The topological polar surface area (TPSA) is 91.5 Å². The van der Waals surface area contributed by atoms with Crippen molar-refractivity contribution < 1.29 is 18.7 Å². The lowest BCUT2D eigenvalue weighted by Crippen LogP contribution is -2.26. The standard InChI is InChI=1S/C29H38N2O5/c1-4-29(2,3)28(33)35-18-12-10-8-6-5-7-9-11-17-34-26-20-25-23(21-31-26)19-24(27(32)36-25)22-13-15-30-16-14-22/h13-16,19-21H,4-12,17-18H2,1-3H3. The minimum absolute atomic E-state index is 0.0918. The third-order valence-electron chi connectivity index (χ3n) is 6.54. The fourth-order valence-corrected chi connectivity index (χ4v) is 3.75. The van der Waals surface area contributed by atoms with E-state index in [-0.39, 0.29) is 11.4 Å². The van der Waals surface area contributed by atoms with Crippen LogP contribution in [-0.2, 0) is 9.53 Å². The van der Waals surface area contributed by atoms with Gasteiger partial charge in [-0.3, -0.25) is 9.78 Å². The Balaban J connectivity index is 1.28. The van der Waals surface area contributed by atoms with Crippen LogP contribution in [0.3, 0.4) is 0 Å². The second-order valence-corrected chi connectivity index (χ2v) is 9.79. The van der Waals surface area contributed by atoms with Gasteiger partial charge in [0.2, 0.25) is 5.88 Å². The van der Waals surface area contributed by atoms with Crippen molar-refractivity contribution >= 4 is 16.9 Å². The van der Waals surface area contributed by atoms with E-state index in [4.69, 9.17) is 13.9 Å². The van der Waals surface area contributed by atoms with Crippen LogP contribution in [0.4, 0.5) is 0 Å². The molecule has 0 unspecified atom stereocenters. The van der Waals surface area contributed by atoms with Crippen LogP contribution in [-0.4, -0.2) is 29.2 Å². The van der Waals surface area contributed by atoms with E-state index in [1.54, 1.807) is 42.9 Å². The number of nitrogens with zero attached hydrogens (tertiary/aromatic N) is 2. The number of esters is 1. The first-order valence-electron chi connectivity index (χ1n) is 13.0. The lowest BCUT2D eigenvalue weighted by molar-refractivity contribution is -0.154. The van der Waals surface area contributed by atoms with Crippen LogP contribution < -0.4 is 10.4 Å². The van der Waals surface area contributed by atoms with Crippen LogP contribution >= 0.6 is 0 Å². The lowest BCUT2D eigenvalue weighted by atomic mass is 9.91. The first kappa shape index (κ1) is 27.4. The molecule has 3 rings (SSSR count). The van der Waals surface area contributed by atoms with Gasteiger partial charge >= 0.3 is 11.6 Å². The molecule has 0 aliphatic heterocycles. The van der Waals surface area contributed by atoms with Crippen LogP contribution in [0.25, 0.3) is 22.1 Å². The van der Waals surface area contributed by atoms with E-state index in [0.29, 0.717) is 30.2 Å². The highest BCUT2D eigenvalue weighted by Gasteiger charge is 2.26. The molecule has 0 N–H and O–H groups in total. The fourth-order valence-electron chi connectivity index (χ4n) is 3.75. The van der Waals surface area contributed by atoms with Crippen molar-refractivity contribution in [3.05, 3.63) is 53.3 Å². The number of unbranched alkanes of at least 4 members (excludes halogenated alkanes) is 7. The third kappa shape index (κ3) is 8.18. The van der Waals surface area contributed by atoms with Crippen molar-refractivity contribution in [1.29, 1.82) is 0 Å². The minimum atomic E-state index is -0.396. The van der Waals surface area contributed by atoms with Crippen molar-refractivity contribution in [3.63, 3.8) is 0 Å². The molecule has 0 aliphatic rings. The van der Waals surface area contributed by atoms with Crippen LogP contribution in [0, 0.1) is 5.41 Å². The van der Waals surface area contributed by atoms with Gasteiger partial charge in [0.15, 0.2) is 0 Å². The maximum absolute atomic E-state index is 12.4. The Morgan fingerprint density at radius 3 is 2.25 bits per heavy atom. The van der Waals surface area contributed by atoms with Crippen molar-refractivity contribution in [3.8, 4) is 17.0 Å². The molecule has 0 atom stereocenters. The molecular formula is C29H38N2O5. The van der Waals surface area contributed by atoms with E-state index in [1.165, 1.54) is 25.7 Å². The molecule has 3 aromatic heterocycles. The van der Waals surface area contributed by atoms with E-state index in [9.17, 15) is 9.59 Å². The van der Waals surface area contributed by atoms with Crippen molar-refractivity contribution in [1.82, 2.24) is 9.97 Å². The molecule has 0 saturated carbocycles. The van der Waals surface area contributed by atoms with Crippen LogP contribution in [0.1, 0.15) is 78.6 Å². The number of carbonyl (C=O) groups excluding carboxylic acids is 1. The highest BCUT2D eigenvalue weighted by atomic mass is 16.5. The van der Waals surface area contributed by atoms with Gasteiger partial charge in [0, 0.05) is 30.0 Å². The second-order valence-electron chi connectivity index (χ2n) is 9.79. The van der Waals surface area contributed by atoms with Gasteiger partial charge in [-0.25, -0.2) is 9.78 Å². The smallest absolute Gasteiger partial charge is 0.344 e. The molecule has 0 spiro atoms. The highest BCUT2D eigenvalue weighted by molar-refractivity contribution is 5.81. The van der Waals surface area contributed by atoms with Crippen molar-refractivity contribution in [2.75, 3.05) is 13.2 Å². The number of aromatic nitrogens is 2. The summed E-state index contributed by atoms with van der Waals surface area (Å²) in [5.74, 6) is 0.371. The zero-order chi connectivity index (χ0) is 25.8. The minimum Gasteiger partial charge on any atom is -0.478 e. The summed E-state index contributed by atoms with van der Waals surface area (Å²) in [6, 6.07) is 7.01. The van der Waals surface area contributed by atoms with E-state index in [0.717, 1.165) is 43.1 Å². The number of rotatable bonds is 15. The molecule has 0 bridgehead atoms. The van der Waals surface area contributed by atoms with Crippen molar-refractivity contribution in [2.45, 2.75) is 78.6 Å². The summed E-state index contributed by atoms with van der Waals surface area (Å²) in [6.07, 6.45) is 14.6. The molecule has 3 aromatic rings.